The van der Waals surface area contributed by atoms with Gasteiger partial charge >= 0.3 is 5.97 Å². The summed E-state index contributed by atoms with van der Waals surface area (Å²) in [4.78, 5) is 28.3. The van der Waals surface area contributed by atoms with Crippen LogP contribution >= 0.6 is 0 Å². The molecule has 0 atom stereocenters. The second-order valence-corrected chi connectivity index (χ2v) is 5.98. The van der Waals surface area contributed by atoms with Crippen molar-refractivity contribution in [3.63, 3.8) is 0 Å². The molecular weight excluding hydrogens is 322 g/mol. The topological polar surface area (TPSA) is 75.9 Å². The smallest absolute Gasteiger partial charge is 0.344 e. The molecule has 1 aromatic heterocycles. The largest absolute Gasteiger partial charge is 0.452 e. The fourth-order valence-electron chi connectivity index (χ4n) is 2.92. The van der Waals surface area contributed by atoms with Crippen LogP contribution in [0.2, 0.25) is 0 Å². The molecule has 0 bridgehead atoms. The Labute approximate surface area is 146 Å². The Morgan fingerprint density at radius 3 is 2.40 bits per heavy atom. The highest BCUT2D eigenvalue weighted by atomic mass is 16.5. The minimum Gasteiger partial charge on any atom is -0.452 e. The van der Waals surface area contributed by atoms with Crippen LogP contribution in [0, 0.1) is 13.8 Å². The zero-order chi connectivity index (χ0) is 17.8. The van der Waals surface area contributed by atoms with Gasteiger partial charge in [0.2, 0.25) is 0 Å². The third-order valence-electron chi connectivity index (χ3n) is 4.32. The number of carbonyl (C=O) groups is 2. The number of aryl methyl sites for hydroxylation is 2. The molecule has 0 saturated carbocycles. The van der Waals surface area contributed by atoms with Gasteiger partial charge in [0.1, 0.15) is 11.3 Å². The van der Waals surface area contributed by atoms with Gasteiger partial charge in [0.15, 0.2) is 6.61 Å². The first-order chi connectivity index (χ1) is 12.1. The van der Waals surface area contributed by atoms with Gasteiger partial charge in [-0.2, -0.15) is 0 Å². The number of piperazine rings is 1. The van der Waals surface area contributed by atoms with Crippen LogP contribution in [0.1, 0.15) is 21.8 Å². The summed E-state index contributed by atoms with van der Waals surface area (Å²) >= 11 is 0. The molecule has 132 valence electrons. The summed E-state index contributed by atoms with van der Waals surface area (Å²) in [6, 6.07) is 10.1. The van der Waals surface area contributed by atoms with Crippen LogP contribution in [0.5, 0.6) is 0 Å². The highest BCUT2D eigenvalue weighted by molar-refractivity contribution is 5.93. The molecule has 25 heavy (non-hydrogen) atoms. The number of hydrogen-bond acceptors (Lipinski definition) is 6. The number of nitrogens with zero attached hydrogens (tertiary/aromatic N) is 3. The maximum absolute atomic E-state index is 12.3. The van der Waals surface area contributed by atoms with Crippen LogP contribution in [0.25, 0.3) is 0 Å². The normalized spacial score (nSPS) is 14.5. The number of aromatic nitrogens is 1. The zero-order valence-electron chi connectivity index (χ0n) is 14.4. The molecule has 7 heteroatoms. The predicted octanol–water partition coefficient (Wildman–Crippen LogP) is 1.80. The number of anilines is 1. The zero-order valence-corrected chi connectivity index (χ0v) is 14.4. The fourth-order valence-corrected chi connectivity index (χ4v) is 2.92. The van der Waals surface area contributed by atoms with Crippen LogP contribution in [0.4, 0.5) is 5.69 Å². The Morgan fingerprint density at radius 1 is 1.12 bits per heavy atom. The number of ether oxygens (including phenoxy) is 1. The lowest BCUT2D eigenvalue weighted by Crippen LogP contribution is -2.49. The van der Waals surface area contributed by atoms with Crippen LogP contribution in [0.15, 0.2) is 34.9 Å². The maximum Gasteiger partial charge on any atom is 0.344 e. The van der Waals surface area contributed by atoms with Crippen molar-refractivity contribution in [2.45, 2.75) is 13.8 Å². The first-order valence-corrected chi connectivity index (χ1v) is 8.24. The van der Waals surface area contributed by atoms with Crippen molar-refractivity contribution in [2.75, 3.05) is 37.7 Å². The number of rotatable bonds is 4. The summed E-state index contributed by atoms with van der Waals surface area (Å²) in [5, 5.41) is 3.71. The van der Waals surface area contributed by atoms with E-state index in [0.29, 0.717) is 30.1 Å². The second-order valence-electron chi connectivity index (χ2n) is 5.98. The summed E-state index contributed by atoms with van der Waals surface area (Å²) < 4.78 is 10.1. The third kappa shape index (κ3) is 3.81. The molecule has 7 nitrogen and oxygen atoms in total. The van der Waals surface area contributed by atoms with Crippen LogP contribution in [-0.4, -0.2) is 54.7 Å². The number of para-hydroxylation sites is 1. The van der Waals surface area contributed by atoms with Crippen LogP contribution in [0.3, 0.4) is 0 Å². The predicted molar refractivity (Wildman–Crippen MR) is 91.5 cm³/mol. The molecule has 1 saturated heterocycles. The number of benzene rings is 1. The Morgan fingerprint density at radius 2 is 1.80 bits per heavy atom. The lowest BCUT2D eigenvalue weighted by Gasteiger charge is -2.36. The Balaban J connectivity index is 1.49. The molecule has 1 aliphatic rings. The van der Waals surface area contributed by atoms with Crippen molar-refractivity contribution in [1.29, 1.82) is 0 Å². The van der Waals surface area contributed by atoms with Gasteiger partial charge in [0.25, 0.3) is 5.91 Å². The van der Waals surface area contributed by atoms with Gasteiger partial charge in [-0.15, -0.1) is 0 Å². The van der Waals surface area contributed by atoms with Crippen molar-refractivity contribution in [1.82, 2.24) is 10.1 Å². The van der Waals surface area contributed by atoms with E-state index >= 15 is 0 Å². The minimum absolute atomic E-state index is 0.187. The molecule has 1 amide bonds. The van der Waals surface area contributed by atoms with Crippen molar-refractivity contribution in [2.24, 2.45) is 0 Å². The summed E-state index contributed by atoms with van der Waals surface area (Å²) in [5.74, 6) is -0.369. The molecule has 2 aromatic rings. The number of esters is 1. The number of hydrogen-bond donors (Lipinski definition) is 0. The van der Waals surface area contributed by atoms with Crippen LogP contribution < -0.4 is 4.90 Å². The highest BCUT2D eigenvalue weighted by Crippen LogP contribution is 2.16. The Kier molecular flexibility index (Phi) is 5.02. The molecule has 0 spiro atoms. The van der Waals surface area contributed by atoms with E-state index in [9.17, 15) is 9.59 Å². The summed E-state index contributed by atoms with van der Waals surface area (Å²) in [7, 11) is 0. The van der Waals surface area contributed by atoms with E-state index in [1.54, 1.807) is 18.7 Å². The summed E-state index contributed by atoms with van der Waals surface area (Å²) in [6.45, 7) is 5.77. The van der Waals surface area contributed by atoms with E-state index in [2.05, 4.69) is 22.2 Å². The van der Waals surface area contributed by atoms with E-state index in [0.717, 1.165) is 18.8 Å². The average molecular weight is 343 g/mol. The van der Waals surface area contributed by atoms with Gasteiger partial charge in [-0.3, -0.25) is 4.79 Å². The summed E-state index contributed by atoms with van der Waals surface area (Å²) in [5.41, 5.74) is 1.91. The molecule has 0 N–H and O–H groups in total. The number of carbonyl (C=O) groups excluding carboxylic acids is 2. The lowest BCUT2D eigenvalue weighted by molar-refractivity contribution is -0.134. The number of amides is 1. The molecule has 0 unspecified atom stereocenters. The fraction of sp³-hybridized carbons (Fsp3) is 0.389. The Bertz CT molecular complexity index is 729. The molecule has 1 aliphatic heterocycles. The van der Waals surface area contributed by atoms with E-state index in [1.165, 1.54) is 0 Å². The minimum atomic E-state index is -0.576. The highest BCUT2D eigenvalue weighted by Gasteiger charge is 2.24. The van der Waals surface area contributed by atoms with Gasteiger partial charge in [-0.25, -0.2) is 4.79 Å². The van der Waals surface area contributed by atoms with E-state index < -0.39 is 5.97 Å². The van der Waals surface area contributed by atoms with Gasteiger partial charge in [-0.1, -0.05) is 23.4 Å². The first kappa shape index (κ1) is 17.0. The lowest BCUT2D eigenvalue weighted by atomic mass is 10.2. The Hall–Kier alpha value is -2.83. The van der Waals surface area contributed by atoms with Gasteiger partial charge in [-0.05, 0) is 26.0 Å². The molecule has 1 fully saturated rings. The molecule has 3 rings (SSSR count). The molecule has 1 aromatic carbocycles. The average Bonchev–Trinajstić information content (AvgIpc) is 2.99. The SMILES string of the molecule is Cc1noc(C)c1C(=O)OCC(=O)N1CCN(c2ccccc2)CC1. The summed E-state index contributed by atoms with van der Waals surface area (Å²) in [6.07, 6.45) is 0. The second kappa shape index (κ2) is 7.38. The van der Waals surface area contributed by atoms with E-state index in [4.69, 9.17) is 9.26 Å². The molecule has 0 radical (unpaired) electrons. The molecular formula is C18H21N3O4. The van der Waals surface area contributed by atoms with Gasteiger partial charge < -0.3 is 19.1 Å². The van der Waals surface area contributed by atoms with Gasteiger partial charge in [0, 0.05) is 31.9 Å². The quantitative estimate of drug-likeness (QED) is 0.788. The van der Waals surface area contributed by atoms with Crippen molar-refractivity contribution < 1.29 is 18.8 Å². The molecule has 2 heterocycles. The van der Waals surface area contributed by atoms with Crippen LogP contribution in [-0.2, 0) is 9.53 Å². The van der Waals surface area contributed by atoms with E-state index in [1.807, 2.05) is 18.2 Å². The van der Waals surface area contributed by atoms with Gasteiger partial charge in [0.05, 0.1) is 5.69 Å². The van der Waals surface area contributed by atoms with Crippen molar-refractivity contribution >= 4 is 17.6 Å². The van der Waals surface area contributed by atoms with Crippen molar-refractivity contribution in [3.8, 4) is 0 Å². The first-order valence-electron chi connectivity index (χ1n) is 8.24. The van der Waals surface area contributed by atoms with Crippen molar-refractivity contribution in [3.05, 3.63) is 47.3 Å². The molecule has 0 aliphatic carbocycles. The standard InChI is InChI=1S/C18H21N3O4/c1-13-17(14(2)25-19-13)18(23)24-12-16(22)21-10-8-20(9-11-21)15-6-4-3-5-7-15/h3-7H,8-12H2,1-2H3. The maximum atomic E-state index is 12.3. The monoisotopic (exact) mass is 343 g/mol. The van der Waals surface area contributed by atoms with E-state index in [-0.39, 0.29) is 12.5 Å². The third-order valence-corrected chi connectivity index (χ3v) is 4.32.